The van der Waals surface area contributed by atoms with E-state index in [9.17, 15) is 9.18 Å². The maximum Gasteiger partial charge on any atom is 0.268 e. The average Bonchev–Trinajstić information content (AvgIpc) is 3.04. The minimum atomic E-state index is -0.271. The second kappa shape index (κ2) is 9.82. The van der Waals surface area contributed by atoms with Gasteiger partial charge in [0.15, 0.2) is 0 Å². The molecule has 0 spiro atoms. The molecule has 1 amide bonds. The summed E-state index contributed by atoms with van der Waals surface area (Å²) in [7, 11) is 1.63. The van der Waals surface area contributed by atoms with Crippen molar-refractivity contribution in [2.75, 3.05) is 7.11 Å². The van der Waals surface area contributed by atoms with Crippen LogP contribution in [0.1, 0.15) is 48.8 Å². The number of aryl methyl sites for hydroxylation is 1. The summed E-state index contributed by atoms with van der Waals surface area (Å²) in [6, 6.07) is 14.2. The van der Waals surface area contributed by atoms with Crippen molar-refractivity contribution in [3.05, 3.63) is 77.4 Å². The van der Waals surface area contributed by atoms with Crippen LogP contribution < -0.4 is 10.1 Å². The van der Waals surface area contributed by atoms with Crippen LogP contribution in [0.2, 0.25) is 0 Å². The fourth-order valence-electron chi connectivity index (χ4n) is 4.03. The van der Waals surface area contributed by atoms with Crippen molar-refractivity contribution in [2.24, 2.45) is 5.92 Å². The summed E-state index contributed by atoms with van der Waals surface area (Å²) in [5, 5.41) is 3.16. The number of nitrogens with one attached hydrogen (secondary N) is 1. The lowest BCUT2D eigenvalue weighted by Gasteiger charge is -2.18. The van der Waals surface area contributed by atoms with Gasteiger partial charge in [0.1, 0.15) is 17.3 Å². The largest absolute Gasteiger partial charge is 0.497 e. The van der Waals surface area contributed by atoms with Crippen LogP contribution in [0.25, 0.3) is 11.1 Å². The number of rotatable bonds is 8. The van der Waals surface area contributed by atoms with Gasteiger partial charge in [-0.2, -0.15) is 0 Å². The van der Waals surface area contributed by atoms with Gasteiger partial charge in [-0.25, -0.2) is 4.39 Å². The van der Waals surface area contributed by atoms with Crippen molar-refractivity contribution in [1.82, 2.24) is 9.88 Å². The molecule has 0 fully saturated rings. The van der Waals surface area contributed by atoms with Crippen LogP contribution in [0, 0.1) is 18.7 Å². The predicted molar refractivity (Wildman–Crippen MR) is 123 cm³/mol. The van der Waals surface area contributed by atoms with E-state index in [0.717, 1.165) is 34.4 Å². The molecule has 1 atom stereocenters. The molecule has 1 unspecified atom stereocenters. The molecule has 0 aliphatic heterocycles. The molecule has 0 bridgehead atoms. The standard InChI is InChI=1S/C26H31FN2O2/c1-17(2)14-19(4)28-26(30)25-24(21-8-12-23(31-5)13-9-21)18(3)15-29(25)16-20-6-10-22(27)11-7-20/h6-13,15,17,19H,14,16H2,1-5H3,(H,28,30). The van der Waals surface area contributed by atoms with Crippen molar-refractivity contribution < 1.29 is 13.9 Å². The highest BCUT2D eigenvalue weighted by Gasteiger charge is 2.23. The molecule has 0 saturated heterocycles. The van der Waals surface area contributed by atoms with E-state index in [1.807, 2.05) is 48.9 Å². The van der Waals surface area contributed by atoms with Gasteiger partial charge in [-0.3, -0.25) is 4.79 Å². The van der Waals surface area contributed by atoms with Gasteiger partial charge in [-0.1, -0.05) is 38.1 Å². The molecular weight excluding hydrogens is 391 g/mol. The van der Waals surface area contributed by atoms with Crippen molar-refractivity contribution in [1.29, 1.82) is 0 Å². The number of nitrogens with zero attached hydrogens (tertiary/aromatic N) is 1. The molecule has 164 valence electrons. The molecule has 0 saturated carbocycles. The van der Waals surface area contributed by atoms with E-state index in [2.05, 4.69) is 19.2 Å². The summed E-state index contributed by atoms with van der Waals surface area (Å²) >= 11 is 0. The highest BCUT2D eigenvalue weighted by molar-refractivity contribution is 6.00. The van der Waals surface area contributed by atoms with Crippen molar-refractivity contribution in [3.8, 4) is 16.9 Å². The Hall–Kier alpha value is -3.08. The number of hydrogen-bond donors (Lipinski definition) is 1. The molecular formula is C26H31FN2O2. The minimum Gasteiger partial charge on any atom is -0.497 e. The number of aromatic nitrogens is 1. The highest BCUT2D eigenvalue weighted by Crippen LogP contribution is 2.31. The third-order valence-electron chi connectivity index (χ3n) is 5.33. The maximum absolute atomic E-state index is 13.4. The predicted octanol–water partition coefficient (Wildman–Crippen LogP) is 5.82. The molecule has 0 aliphatic rings. The summed E-state index contributed by atoms with van der Waals surface area (Å²) in [6.45, 7) is 8.82. The summed E-state index contributed by atoms with van der Waals surface area (Å²) in [5.41, 5.74) is 4.41. The average molecular weight is 423 g/mol. The number of carbonyl (C=O) groups is 1. The van der Waals surface area contributed by atoms with Gasteiger partial charge in [-0.05, 0) is 67.1 Å². The Kier molecular flexibility index (Phi) is 7.16. The van der Waals surface area contributed by atoms with Gasteiger partial charge < -0.3 is 14.6 Å². The minimum absolute atomic E-state index is 0.0608. The first-order valence-electron chi connectivity index (χ1n) is 10.7. The van der Waals surface area contributed by atoms with E-state index >= 15 is 0 Å². The molecule has 5 heteroatoms. The van der Waals surface area contributed by atoms with E-state index in [1.165, 1.54) is 12.1 Å². The Morgan fingerprint density at radius 2 is 1.71 bits per heavy atom. The number of hydrogen-bond acceptors (Lipinski definition) is 2. The van der Waals surface area contributed by atoms with Crippen molar-refractivity contribution in [2.45, 2.75) is 46.7 Å². The second-order valence-electron chi connectivity index (χ2n) is 8.52. The Balaban J connectivity index is 2.03. The van der Waals surface area contributed by atoms with Gasteiger partial charge in [0.25, 0.3) is 5.91 Å². The Labute approximate surface area is 184 Å². The maximum atomic E-state index is 13.4. The van der Waals surface area contributed by atoms with Crippen molar-refractivity contribution in [3.63, 3.8) is 0 Å². The molecule has 3 rings (SSSR count). The normalized spacial score (nSPS) is 12.1. The molecule has 2 aromatic carbocycles. The summed E-state index contributed by atoms with van der Waals surface area (Å²) in [4.78, 5) is 13.4. The second-order valence-corrected chi connectivity index (χ2v) is 8.52. The van der Waals surface area contributed by atoms with Crippen LogP contribution in [0.15, 0.2) is 54.7 Å². The Morgan fingerprint density at radius 3 is 2.29 bits per heavy atom. The van der Waals surface area contributed by atoms with E-state index < -0.39 is 0 Å². The number of amides is 1. The Morgan fingerprint density at radius 1 is 1.06 bits per heavy atom. The lowest BCUT2D eigenvalue weighted by Crippen LogP contribution is -2.35. The number of methoxy groups -OCH3 is 1. The fraction of sp³-hybridized carbons (Fsp3) is 0.346. The summed E-state index contributed by atoms with van der Waals surface area (Å²) in [5.74, 6) is 0.883. The number of benzene rings is 2. The molecule has 0 aliphatic carbocycles. The third-order valence-corrected chi connectivity index (χ3v) is 5.33. The molecule has 3 aromatic rings. The lowest BCUT2D eigenvalue weighted by atomic mass is 10.0. The topological polar surface area (TPSA) is 43.3 Å². The van der Waals surface area contributed by atoms with Gasteiger partial charge in [0.05, 0.1) is 7.11 Å². The quantitative estimate of drug-likeness (QED) is 0.497. The van der Waals surface area contributed by atoms with E-state index in [-0.39, 0.29) is 17.8 Å². The van der Waals surface area contributed by atoms with Gasteiger partial charge in [0.2, 0.25) is 0 Å². The number of carbonyl (C=O) groups excluding carboxylic acids is 1. The lowest BCUT2D eigenvalue weighted by molar-refractivity contribution is 0.0928. The molecule has 4 nitrogen and oxygen atoms in total. The van der Waals surface area contributed by atoms with E-state index in [4.69, 9.17) is 4.74 Å². The summed E-state index contributed by atoms with van der Waals surface area (Å²) in [6.07, 6.45) is 2.90. The Bertz CT molecular complexity index is 1020. The first kappa shape index (κ1) is 22.6. The first-order chi connectivity index (χ1) is 14.8. The first-order valence-corrected chi connectivity index (χ1v) is 10.7. The monoisotopic (exact) mass is 422 g/mol. The number of ether oxygens (including phenoxy) is 1. The zero-order chi connectivity index (χ0) is 22.5. The van der Waals surface area contributed by atoms with Crippen LogP contribution in [0.5, 0.6) is 5.75 Å². The van der Waals surface area contributed by atoms with Crippen molar-refractivity contribution >= 4 is 5.91 Å². The van der Waals surface area contributed by atoms with Crippen LogP contribution in [-0.4, -0.2) is 23.6 Å². The zero-order valence-electron chi connectivity index (χ0n) is 18.9. The molecule has 1 heterocycles. The van der Waals surface area contributed by atoms with E-state index in [0.29, 0.717) is 18.2 Å². The van der Waals surface area contributed by atoms with Gasteiger partial charge in [-0.15, -0.1) is 0 Å². The van der Waals surface area contributed by atoms with Gasteiger partial charge in [0, 0.05) is 24.3 Å². The zero-order valence-corrected chi connectivity index (χ0v) is 18.9. The smallest absolute Gasteiger partial charge is 0.268 e. The number of halogens is 1. The molecule has 1 N–H and O–H groups in total. The van der Waals surface area contributed by atoms with E-state index in [1.54, 1.807) is 19.2 Å². The fourth-order valence-corrected chi connectivity index (χ4v) is 4.03. The highest BCUT2D eigenvalue weighted by atomic mass is 19.1. The molecule has 1 aromatic heterocycles. The van der Waals surface area contributed by atoms with Crippen LogP contribution in [0.3, 0.4) is 0 Å². The molecule has 31 heavy (non-hydrogen) atoms. The van der Waals surface area contributed by atoms with Gasteiger partial charge >= 0.3 is 0 Å². The summed E-state index contributed by atoms with van der Waals surface area (Å²) < 4.78 is 20.6. The third kappa shape index (κ3) is 5.54. The van der Waals surface area contributed by atoms with Crippen LogP contribution in [0.4, 0.5) is 4.39 Å². The molecule has 0 radical (unpaired) electrons. The SMILES string of the molecule is COc1ccc(-c2c(C)cn(Cc3ccc(F)cc3)c2C(=O)NC(C)CC(C)C)cc1. The van der Waals surface area contributed by atoms with Crippen LogP contribution >= 0.6 is 0 Å². The van der Waals surface area contributed by atoms with Crippen LogP contribution in [-0.2, 0) is 6.54 Å².